The second kappa shape index (κ2) is 16.3. The standard InChI is InChI=1S/C26H42N6O9S/c1-13(2)10-18(23(37)30-17(26(40)41)5-7-20(27)33)31-24(38)19-11-14(42)12-32(19)25(39)16(6-8-21(34)35)29-22(36)15-4-3-9-28-15/h13-19,28,42H,3-12H2,1-2H3,(H2,27,33)(H,29,36)(H,30,37)(H,31,38)(H,34,35)(H,40,41)/t14?,15-,16-,17-,18-,19-/m0/s1. The molecule has 2 aliphatic heterocycles. The molecule has 1 unspecified atom stereocenters. The number of nitrogens with one attached hydrogen (secondary N) is 4. The van der Waals surface area contributed by atoms with Crippen LogP contribution in [0, 0.1) is 5.92 Å². The number of primary amides is 1. The minimum atomic E-state index is -1.41. The number of likely N-dealkylation sites (tertiary alicyclic amines) is 1. The number of carbonyl (C=O) groups excluding carboxylic acids is 5. The number of carboxylic acid groups (broad SMARTS) is 2. The van der Waals surface area contributed by atoms with Gasteiger partial charge >= 0.3 is 11.9 Å². The third-order valence-corrected chi connectivity index (χ3v) is 7.51. The minimum absolute atomic E-state index is 0.0520. The van der Waals surface area contributed by atoms with E-state index >= 15 is 0 Å². The molecule has 236 valence electrons. The van der Waals surface area contributed by atoms with Crippen LogP contribution in [0.3, 0.4) is 0 Å². The molecule has 2 rings (SSSR count). The third-order valence-electron chi connectivity index (χ3n) is 7.14. The quantitative estimate of drug-likeness (QED) is 0.0922. The van der Waals surface area contributed by atoms with Crippen LogP contribution in [0.25, 0.3) is 0 Å². The van der Waals surface area contributed by atoms with E-state index in [9.17, 15) is 43.8 Å². The summed E-state index contributed by atoms with van der Waals surface area (Å²) in [4.78, 5) is 88.1. The van der Waals surface area contributed by atoms with Gasteiger partial charge < -0.3 is 42.1 Å². The molecule has 0 aromatic heterocycles. The number of carbonyl (C=O) groups is 7. The second-order valence-electron chi connectivity index (χ2n) is 11.1. The normalized spacial score (nSPS) is 22.2. The molecule has 0 spiro atoms. The Labute approximate surface area is 249 Å². The number of nitrogens with zero attached hydrogens (tertiary/aromatic N) is 1. The third kappa shape index (κ3) is 10.8. The van der Waals surface area contributed by atoms with Crippen molar-refractivity contribution in [2.45, 2.75) is 101 Å². The Kier molecular flexibility index (Phi) is 13.5. The van der Waals surface area contributed by atoms with E-state index in [2.05, 4.69) is 33.9 Å². The van der Waals surface area contributed by atoms with Gasteiger partial charge in [0, 0.05) is 24.6 Å². The lowest BCUT2D eigenvalue weighted by Crippen LogP contribution is -2.58. The monoisotopic (exact) mass is 614 g/mol. The summed E-state index contributed by atoms with van der Waals surface area (Å²) in [6, 6.07) is -5.33. The largest absolute Gasteiger partial charge is 0.481 e. The van der Waals surface area contributed by atoms with Crippen LogP contribution in [0.15, 0.2) is 0 Å². The first-order valence-corrected chi connectivity index (χ1v) is 14.6. The average molecular weight is 615 g/mol. The number of rotatable bonds is 16. The van der Waals surface area contributed by atoms with Crippen molar-refractivity contribution >= 4 is 54.1 Å². The molecule has 15 nitrogen and oxygen atoms in total. The van der Waals surface area contributed by atoms with Crippen molar-refractivity contribution in [2.24, 2.45) is 11.7 Å². The topological polar surface area (TPSA) is 237 Å². The fourth-order valence-electron chi connectivity index (χ4n) is 5.00. The first kappa shape index (κ1) is 34.8. The number of amides is 5. The highest BCUT2D eigenvalue weighted by atomic mass is 32.1. The Morgan fingerprint density at radius 1 is 0.952 bits per heavy atom. The van der Waals surface area contributed by atoms with E-state index < -0.39 is 76.9 Å². The van der Waals surface area contributed by atoms with Crippen LogP contribution in [-0.4, -0.2) is 105 Å². The summed E-state index contributed by atoms with van der Waals surface area (Å²) < 4.78 is 0. The molecular weight excluding hydrogens is 572 g/mol. The van der Waals surface area contributed by atoms with Crippen LogP contribution in [0.4, 0.5) is 0 Å². The van der Waals surface area contributed by atoms with Gasteiger partial charge in [-0.05, 0) is 51.0 Å². The SMILES string of the molecule is CC(C)C[C@H](NC(=O)[C@@H]1CC(S)CN1C(=O)[C@H](CCC(=O)O)NC(=O)[C@@H]1CCCN1)C(=O)N[C@@H](CCC(N)=O)C(=O)O. The van der Waals surface area contributed by atoms with Gasteiger partial charge in [0.2, 0.25) is 29.5 Å². The van der Waals surface area contributed by atoms with E-state index in [1.807, 2.05) is 0 Å². The van der Waals surface area contributed by atoms with Crippen LogP contribution in [0.1, 0.15) is 65.2 Å². The summed E-state index contributed by atoms with van der Waals surface area (Å²) >= 11 is 4.44. The summed E-state index contributed by atoms with van der Waals surface area (Å²) in [5.74, 6) is -5.86. The zero-order valence-electron chi connectivity index (χ0n) is 23.8. The van der Waals surface area contributed by atoms with Crippen molar-refractivity contribution < 1.29 is 43.8 Å². The van der Waals surface area contributed by atoms with Gasteiger partial charge in [-0.15, -0.1) is 0 Å². The molecule has 2 heterocycles. The summed E-state index contributed by atoms with van der Waals surface area (Å²) in [5.41, 5.74) is 5.10. The van der Waals surface area contributed by atoms with E-state index in [-0.39, 0.29) is 51.0 Å². The molecule has 0 aromatic carbocycles. The Hall–Kier alpha value is -3.40. The minimum Gasteiger partial charge on any atom is -0.481 e. The Bertz CT molecular complexity index is 1040. The highest BCUT2D eigenvalue weighted by Gasteiger charge is 2.42. The molecular formula is C26H42N6O9S. The molecule has 16 heteroatoms. The lowest BCUT2D eigenvalue weighted by molar-refractivity contribution is -0.144. The van der Waals surface area contributed by atoms with E-state index in [4.69, 9.17) is 5.73 Å². The molecule has 2 fully saturated rings. The lowest BCUT2D eigenvalue weighted by Gasteiger charge is -2.30. The molecule has 8 N–H and O–H groups in total. The van der Waals surface area contributed by atoms with Crippen molar-refractivity contribution in [1.29, 1.82) is 0 Å². The second-order valence-corrected chi connectivity index (χ2v) is 11.9. The maximum absolute atomic E-state index is 13.6. The van der Waals surface area contributed by atoms with E-state index in [1.165, 1.54) is 4.90 Å². The number of carboxylic acids is 2. The van der Waals surface area contributed by atoms with Crippen LogP contribution in [0.2, 0.25) is 0 Å². The fourth-order valence-corrected chi connectivity index (χ4v) is 5.37. The molecule has 6 atom stereocenters. The van der Waals surface area contributed by atoms with Crippen molar-refractivity contribution in [3.63, 3.8) is 0 Å². The maximum Gasteiger partial charge on any atom is 0.326 e. The molecule has 5 amide bonds. The van der Waals surface area contributed by atoms with Crippen LogP contribution < -0.4 is 27.0 Å². The summed E-state index contributed by atoms with van der Waals surface area (Å²) in [5, 5.41) is 28.9. The number of nitrogens with two attached hydrogens (primary N) is 1. The van der Waals surface area contributed by atoms with Gasteiger partial charge in [-0.25, -0.2) is 4.79 Å². The van der Waals surface area contributed by atoms with Crippen LogP contribution in [0.5, 0.6) is 0 Å². The molecule has 0 saturated carbocycles. The van der Waals surface area contributed by atoms with Gasteiger partial charge in [0.05, 0.1) is 6.04 Å². The molecule has 2 aliphatic rings. The number of hydrogen-bond donors (Lipinski definition) is 8. The average Bonchev–Trinajstić information content (AvgIpc) is 3.57. The number of aliphatic carboxylic acids is 2. The molecule has 2 saturated heterocycles. The zero-order valence-corrected chi connectivity index (χ0v) is 24.7. The fraction of sp³-hybridized carbons (Fsp3) is 0.731. The molecule has 0 aliphatic carbocycles. The molecule has 0 aromatic rings. The van der Waals surface area contributed by atoms with E-state index in [0.717, 1.165) is 6.42 Å². The number of hydrogen-bond acceptors (Lipinski definition) is 9. The Balaban J connectivity index is 2.20. The van der Waals surface area contributed by atoms with E-state index in [0.29, 0.717) is 13.0 Å². The first-order valence-electron chi connectivity index (χ1n) is 14.1. The predicted molar refractivity (Wildman–Crippen MR) is 152 cm³/mol. The van der Waals surface area contributed by atoms with Gasteiger partial charge in [0.25, 0.3) is 0 Å². The summed E-state index contributed by atoms with van der Waals surface area (Å²) in [6.45, 7) is 4.30. The molecule has 0 radical (unpaired) electrons. The first-order chi connectivity index (χ1) is 19.7. The van der Waals surface area contributed by atoms with Gasteiger partial charge in [0.1, 0.15) is 24.2 Å². The maximum atomic E-state index is 13.6. The van der Waals surface area contributed by atoms with Crippen molar-refractivity contribution in [3.8, 4) is 0 Å². The van der Waals surface area contributed by atoms with Crippen LogP contribution >= 0.6 is 12.6 Å². The molecule has 0 bridgehead atoms. The van der Waals surface area contributed by atoms with Crippen LogP contribution in [-0.2, 0) is 33.6 Å². The Morgan fingerprint density at radius 2 is 1.60 bits per heavy atom. The summed E-state index contributed by atoms with van der Waals surface area (Å²) in [7, 11) is 0. The Morgan fingerprint density at radius 3 is 2.14 bits per heavy atom. The predicted octanol–water partition coefficient (Wildman–Crippen LogP) is -1.65. The highest BCUT2D eigenvalue weighted by Crippen LogP contribution is 2.24. The zero-order chi connectivity index (χ0) is 31.6. The lowest BCUT2D eigenvalue weighted by atomic mass is 10.0. The van der Waals surface area contributed by atoms with Crippen molar-refractivity contribution in [3.05, 3.63) is 0 Å². The van der Waals surface area contributed by atoms with Gasteiger partial charge in [-0.1, -0.05) is 13.8 Å². The highest BCUT2D eigenvalue weighted by molar-refractivity contribution is 7.81. The molecule has 42 heavy (non-hydrogen) atoms. The van der Waals surface area contributed by atoms with Crippen molar-refractivity contribution in [1.82, 2.24) is 26.2 Å². The van der Waals surface area contributed by atoms with Gasteiger partial charge in [-0.2, -0.15) is 12.6 Å². The summed E-state index contributed by atoms with van der Waals surface area (Å²) in [6.07, 6.45) is 0.569. The van der Waals surface area contributed by atoms with Crippen molar-refractivity contribution in [2.75, 3.05) is 13.1 Å². The van der Waals surface area contributed by atoms with Gasteiger partial charge in [0.15, 0.2) is 0 Å². The smallest absolute Gasteiger partial charge is 0.326 e. The number of thiol groups is 1. The van der Waals surface area contributed by atoms with Gasteiger partial charge in [-0.3, -0.25) is 28.8 Å². The van der Waals surface area contributed by atoms with E-state index in [1.54, 1.807) is 13.8 Å².